The van der Waals surface area contributed by atoms with Crippen LogP contribution in [0.15, 0.2) is 48.5 Å². The van der Waals surface area contributed by atoms with Crippen molar-refractivity contribution < 1.29 is 27.9 Å². The predicted molar refractivity (Wildman–Crippen MR) is 87.7 cm³/mol. The molecule has 0 radical (unpaired) electrons. The fourth-order valence-corrected chi connectivity index (χ4v) is 2.69. The van der Waals surface area contributed by atoms with Gasteiger partial charge in [0.15, 0.2) is 0 Å². The van der Waals surface area contributed by atoms with Crippen LogP contribution >= 0.6 is 0 Å². The smallest absolute Gasteiger partial charge is 0.389 e. The summed E-state index contributed by atoms with van der Waals surface area (Å²) < 4.78 is 37.6. The van der Waals surface area contributed by atoms with E-state index in [4.69, 9.17) is 0 Å². The van der Waals surface area contributed by atoms with Crippen LogP contribution in [0, 0.1) is 0 Å². The van der Waals surface area contributed by atoms with Crippen molar-refractivity contribution in [3.05, 3.63) is 65.2 Å². The van der Waals surface area contributed by atoms with E-state index in [1.165, 1.54) is 12.1 Å². The van der Waals surface area contributed by atoms with Gasteiger partial charge >= 0.3 is 6.18 Å². The van der Waals surface area contributed by atoms with Gasteiger partial charge in [-0.15, -0.1) is 0 Å². The van der Waals surface area contributed by atoms with E-state index in [-0.39, 0.29) is 13.1 Å². The predicted octanol–water partition coefficient (Wildman–Crippen LogP) is 2.77. The Kier molecular flexibility index (Phi) is 4.69. The van der Waals surface area contributed by atoms with Crippen molar-refractivity contribution in [3.63, 3.8) is 0 Å². The number of anilines is 1. The zero-order valence-electron chi connectivity index (χ0n) is 13.5. The molecule has 0 spiro atoms. The van der Waals surface area contributed by atoms with Crippen LogP contribution in [0.5, 0.6) is 0 Å². The van der Waals surface area contributed by atoms with Gasteiger partial charge in [-0.2, -0.15) is 13.2 Å². The van der Waals surface area contributed by atoms with Crippen molar-refractivity contribution in [2.75, 3.05) is 18.4 Å². The average molecular weight is 364 g/mol. The molecule has 0 unspecified atom stereocenters. The van der Waals surface area contributed by atoms with E-state index < -0.39 is 29.7 Å². The lowest BCUT2D eigenvalue weighted by Crippen LogP contribution is -2.39. The minimum absolute atomic E-state index is 0.0290. The van der Waals surface area contributed by atoms with E-state index in [1.54, 1.807) is 24.3 Å². The van der Waals surface area contributed by atoms with Crippen LogP contribution in [0.4, 0.5) is 18.9 Å². The summed E-state index contributed by atoms with van der Waals surface area (Å²) in [5.74, 6) is -0.946. The molecule has 0 bridgehead atoms. The molecular weight excluding hydrogens is 349 g/mol. The second-order valence-electron chi connectivity index (χ2n) is 5.88. The Morgan fingerprint density at radius 2 is 1.50 bits per heavy atom. The lowest BCUT2D eigenvalue weighted by Gasteiger charge is -2.19. The van der Waals surface area contributed by atoms with Crippen LogP contribution in [0.25, 0.3) is 0 Å². The third-order valence-electron chi connectivity index (χ3n) is 4.03. The first kappa shape index (κ1) is 17.9. The van der Waals surface area contributed by atoms with Gasteiger partial charge in [0.25, 0.3) is 11.8 Å². The van der Waals surface area contributed by atoms with Crippen molar-refractivity contribution >= 4 is 17.5 Å². The molecule has 0 aromatic heterocycles. The topological polar surface area (TPSA) is 69.6 Å². The molecule has 136 valence electrons. The number of benzene rings is 2. The zero-order valence-corrected chi connectivity index (χ0v) is 13.5. The molecule has 0 aliphatic carbocycles. The largest absolute Gasteiger partial charge is 0.416 e. The third kappa shape index (κ3) is 3.55. The molecule has 2 aromatic rings. The van der Waals surface area contributed by atoms with Crippen LogP contribution in [0.2, 0.25) is 0 Å². The highest BCUT2D eigenvalue weighted by Gasteiger charge is 2.36. The molecule has 26 heavy (non-hydrogen) atoms. The molecule has 5 nitrogen and oxygen atoms in total. The maximum atomic E-state index is 12.5. The molecule has 2 N–H and O–H groups in total. The summed E-state index contributed by atoms with van der Waals surface area (Å²) in [6.45, 7) is -0.237. The molecule has 1 heterocycles. The summed E-state index contributed by atoms with van der Waals surface area (Å²) in [7, 11) is 0. The number of nitrogens with one attached hydrogen (secondary N) is 1. The number of aliphatic hydroxyl groups excluding tert-OH is 1. The van der Waals surface area contributed by atoms with Crippen molar-refractivity contribution in [3.8, 4) is 0 Å². The molecule has 8 heteroatoms. The fraction of sp³-hybridized carbons (Fsp3) is 0.222. The van der Waals surface area contributed by atoms with E-state index in [0.29, 0.717) is 16.8 Å². The number of fused-ring (bicyclic) bond motifs is 1. The van der Waals surface area contributed by atoms with Crippen LogP contribution in [0.1, 0.15) is 26.3 Å². The summed E-state index contributed by atoms with van der Waals surface area (Å²) in [6, 6.07) is 10.7. The second-order valence-corrected chi connectivity index (χ2v) is 5.88. The van der Waals surface area contributed by atoms with Gasteiger partial charge in [-0.1, -0.05) is 12.1 Å². The highest BCUT2D eigenvalue weighted by molar-refractivity contribution is 6.21. The van der Waals surface area contributed by atoms with Crippen molar-refractivity contribution in [2.24, 2.45) is 0 Å². The van der Waals surface area contributed by atoms with Gasteiger partial charge in [-0.3, -0.25) is 14.5 Å². The van der Waals surface area contributed by atoms with Crippen LogP contribution in [-0.4, -0.2) is 41.0 Å². The average Bonchev–Trinajstić information content (AvgIpc) is 2.85. The minimum atomic E-state index is -4.41. The number of imide groups is 1. The van der Waals surface area contributed by atoms with Gasteiger partial charge in [0, 0.05) is 12.2 Å². The molecule has 1 aliphatic rings. The highest BCUT2D eigenvalue weighted by atomic mass is 19.4. The first-order valence-electron chi connectivity index (χ1n) is 7.82. The van der Waals surface area contributed by atoms with E-state index in [0.717, 1.165) is 17.0 Å². The van der Waals surface area contributed by atoms with Crippen LogP contribution in [-0.2, 0) is 6.18 Å². The van der Waals surface area contributed by atoms with Gasteiger partial charge in [-0.05, 0) is 36.4 Å². The molecule has 2 amide bonds. The molecule has 0 saturated heterocycles. The normalized spacial score (nSPS) is 15.2. The molecule has 0 saturated carbocycles. The van der Waals surface area contributed by atoms with Crippen molar-refractivity contribution in [1.29, 1.82) is 0 Å². The van der Waals surface area contributed by atoms with E-state index in [2.05, 4.69) is 5.32 Å². The summed E-state index contributed by atoms with van der Waals surface area (Å²) in [5.41, 5.74) is 0.204. The van der Waals surface area contributed by atoms with Gasteiger partial charge in [0.2, 0.25) is 0 Å². The Hall–Kier alpha value is -2.87. The first-order chi connectivity index (χ1) is 12.3. The molecule has 0 fully saturated rings. The monoisotopic (exact) mass is 364 g/mol. The number of amides is 2. The number of hydrogen-bond acceptors (Lipinski definition) is 4. The molecular formula is C18H15F3N2O3. The Bertz CT molecular complexity index is 799. The van der Waals surface area contributed by atoms with Crippen LogP contribution in [0.3, 0.4) is 0 Å². The summed E-state index contributed by atoms with van der Waals surface area (Å²) in [4.78, 5) is 25.4. The summed E-state index contributed by atoms with van der Waals surface area (Å²) in [5, 5.41) is 12.9. The number of hydrogen-bond donors (Lipinski definition) is 2. The van der Waals surface area contributed by atoms with E-state index in [1.807, 2.05) is 0 Å². The third-order valence-corrected chi connectivity index (χ3v) is 4.03. The van der Waals surface area contributed by atoms with E-state index >= 15 is 0 Å². The summed E-state index contributed by atoms with van der Waals surface area (Å²) >= 11 is 0. The fourth-order valence-electron chi connectivity index (χ4n) is 2.69. The lowest BCUT2D eigenvalue weighted by atomic mass is 10.1. The zero-order chi connectivity index (χ0) is 18.9. The Morgan fingerprint density at radius 3 is 2.00 bits per heavy atom. The Labute approximate surface area is 147 Å². The highest BCUT2D eigenvalue weighted by Crippen LogP contribution is 2.29. The van der Waals surface area contributed by atoms with E-state index in [9.17, 15) is 27.9 Å². The standard InChI is InChI=1S/C18H15F3N2O3/c19-18(20,21)11-5-7-12(8-6-11)22-9-13(24)10-23-16(25)14-3-1-2-4-15(14)17(23)26/h1-8,13,22,24H,9-10H2/t13-/m1/s1. The number of halogens is 3. The minimum Gasteiger partial charge on any atom is -0.389 e. The number of alkyl halides is 3. The number of aliphatic hydroxyl groups is 1. The number of nitrogens with zero attached hydrogens (tertiary/aromatic N) is 1. The number of rotatable bonds is 5. The van der Waals surface area contributed by atoms with Gasteiger partial charge in [0.05, 0.1) is 29.3 Å². The first-order valence-corrected chi connectivity index (χ1v) is 7.82. The lowest BCUT2D eigenvalue weighted by molar-refractivity contribution is -0.137. The number of carbonyl (C=O) groups is 2. The number of carbonyl (C=O) groups excluding carboxylic acids is 2. The maximum absolute atomic E-state index is 12.5. The van der Waals surface area contributed by atoms with Gasteiger partial charge in [-0.25, -0.2) is 0 Å². The second kappa shape index (κ2) is 6.80. The maximum Gasteiger partial charge on any atom is 0.416 e. The Morgan fingerprint density at radius 1 is 0.962 bits per heavy atom. The van der Waals surface area contributed by atoms with Gasteiger partial charge in [0.1, 0.15) is 0 Å². The molecule has 1 aliphatic heterocycles. The quantitative estimate of drug-likeness (QED) is 0.801. The Balaban J connectivity index is 1.58. The van der Waals surface area contributed by atoms with Gasteiger partial charge < -0.3 is 10.4 Å². The molecule has 1 atom stereocenters. The molecule has 3 rings (SSSR count). The molecule has 2 aromatic carbocycles. The van der Waals surface area contributed by atoms with Crippen LogP contribution < -0.4 is 5.32 Å². The van der Waals surface area contributed by atoms with Crippen molar-refractivity contribution in [2.45, 2.75) is 12.3 Å². The summed E-state index contributed by atoms with van der Waals surface area (Å²) in [6.07, 6.45) is -5.48. The number of β-amino-alcohol motifs (C(OH)–C–C–N with tert-alkyl or cyclic N) is 1. The SMILES string of the molecule is O=C1c2ccccc2C(=O)N1C[C@H](O)CNc1ccc(C(F)(F)F)cc1. The van der Waals surface area contributed by atoms with Crippen molar-refractivity contribution in [1.82, 2.24) is 4.90 Å².